The van der Waals surface area contributed by atoms with E-state index in [0.717, 1.165) is 0 Å². The molecule has 0 aliphatic rings. The summed E-state index contributed by atoms with van der Waals surface area (Å²) in [6.07, 6.45) is 0. The SMILES string of the molecule is CC#N.CC(C)=O.[Ir+3]. The molecule has 0 atom stereocenters. The molecule has 0 aromatic carbocycles. The van der Waals surface area contributed by atoms with Crippen LogP contribution < -0.4 is 0 Å². The Hall–Kier alpha value is -0.191. The quantitative estimate of drug-likeness (QED) is 0.671. The summed E-state index contributed by atoms with van der Waals surface area (Å²) in [6, 6.07) is 1.75. The Morgan fingerprint density at radius 3 is 1.50 bits per heavy atom. The van der Waals surface area contributed by atoms with E-state index in [1.807, 2.05) is 0 Å². The molecule has 2 nitrogen and oxygen atoms in total. The van der Waals surface area contributed by atoms with Crippen LogP contribution in [0.3, 0.4) is 0 Å². The molecule has 0 radical (unpaired) electrons. The molecule has 0 bridgehead atoms. The van der Waals surface area contributed by atoms with E-state index in [1.165, 1.54) is 20.8 Å². The van der Waals surface area contributed by atoms with Crippen molar-refractivity contribution in [2.75, 3.05) is 0 Å². The Labute approximate surface area is 63.2 Å². The summed E-state index contributed by atoms with van der Waals surface area (Å²) < 4.78 is 0. The number of rotatable bonds is 0. The van der Waals surface area contributed by atoms with Gasteiger partial charge in [-0.2, -0.15) is 5.26 Å². The summed E-state index contributed by atoms with van der Waals surface area (Å²) in [6.45, 7) is 4.49. The third-order valence-corrected chi connectivity index (χ3v) is 0. The molecule has 46 valence electrons. The van der Waals surface area contributed by atoms with Crippen LogP contribution in [0.1, 0.15) is 20.8 Å². The zero-order chi connectivity index (χ0) is 6.28. The van der Waals surface area contributed by atoms with Crippen LogP contribution >= 0.6 is 0 Å². The minimum absolute atomic E-state index is 0. The maximum Gasteiger partial charge on any atom is 3.00 e. The standard InChI is InChI=1S/C3H6O.C2H3N.Ir/c1-3(2)4;1-2-3;/h1-2H3;1H3;/q;;+3. The van der Waals surface area contributed by atoms with Crippen molar-refractivity contribution in [3.05, 3.63) is 0 Å². The molecular formula is C5H9IrNO+3. The van der Waals surface area contributed by atoms with Crippen molar-refractivity contribution in [3.63, 3.8) is 0 Å². The molecule has 0 N–H and O–H groups in total. The first-order chi connectivity index (χ1) is 3.15. The van der Waals surface area contributed by atoms with E-state index in [9.17, 15) is 4.79 Å². The number of nitrogens with zero attached hydrogens (tertiary/aromatic N) is 1. The maximum atomic E-state index is 9.44. The van der Waals surface area contributed by atoms with Gasteiger partial charge >= 0.3 is 20.1 Å². The van der Waals surface area contributed by atoms with Gasteiger partial charge in [0.2, 0.25) is 0 Å². The van der Waals surface area contributed by atoms with Gasteiger partial charge < -0.3 is 4.79 Å². The molecule has 0 spiro atoms. The first-order valence-electron chi connectivity index (χ1n) is 1.93. The Morgan fingerprint density at radius 1 is 1.50 bits per heavy atom. The molecule has 0 fully saturated rings. The molecule has 0 rings (SSSR count). The maximum absolute atomic E-state index is 9.44. The monoisotopic (exact) mass is 292 g/mol. The molecular weight excluding hydrogens is 282 g/mol. The summed E-state index contributed by atoms with van der Waals surface area (Å²) in [4.78, 5) is 9.44. The van der Waals surface area contributed by atoms with E-state index < -0.39 is 0 Å². The van der Waals surface area contributed by atoms with Crippen LogP contribution in [0, 0.1) is 11.3 Å². The van der Waals surface area contributed by atoms with Gasteiger partial charge in [-0.1, -0.05) is 0 Å². The number of hydrogen-bond donors (Lipinski definition) is 0. The van der Waals surface area contributed by atoms with E-state index in [0.29, 0.717) is 0 Å². The van der Waals surface area contributed by atoms with Gasteiger partial charge in [0.15, 0.2) is 0 Å². The van der Waals surface area contributed by atoms with Gasteiger partial charge in [-0.15, -0.1) is 0 Å². The molecule has 0 saturated heterocycles. The van der Waals surface area contributed by atoms with E-state index in [4.69, 9.17) is 5.26 Å². The van der Waals surface area contributed by atoms with Gasteiger partial charge in [0.25, 0.3) is 0 Å². The second-order valence-electron chi connectivity index (χ2n) is 1.13. The Morgan fingerprint density at radius 2 is 1.50 bits per heavy atom. The molecule has 0 aromatic heterocycles. The Bertz CT molecular complexity index is 80.9. The predicted octanol–water partition coefficient (Wildman–Crippen LogP) is 1.12. The largest absolute Gasteiger partial charge is 3.00 e. The predicted molar refractivity (Wildman–Crippen MR) is 27.6 cm³/mol. The van der Waals surface area contributed by atoms with Crippen molar-refractivity contribution >= 4 is 5.78 Å². The van der Waals surface area contributed by atoms with Crippen LogP contribution in [-0.4, -0.2) is 5.78 Å². The molecule has 8 heavy (non-hydrogen) atoms. The summed E-state index contributed by atoms with van der Waals surface area (Å²) >= 11 is 0. The van der Waals surface area contributed by atoms with Crippen LogP contribution in [0.4, 0.5) is 0 Å². The average Bonchev–Trinajstić information content (AvgIpc) is 1.33. The Kier molecular flexibility index (Phi) is 31.0. The van der Waals surface area contributed by atoms with Gasteiger partial charge in [-0.05, 0) is 13.8 Å². The van der Waals surface area contributed by atoms with Crippen molar-refractivity contribution in [1.82, 2.24) is 0 Å². The first-order valence-corrected chi connectivity index (χ1v) is 1.93. The van der Waals surface area contributed by atoms with E-state index >= 15 is 0 Å². The zero-order valence-corrected chi connectivity index (χ0v) is 7.58. The van der Waals surface area contributed by atoms with Crippen molar-refractivity contribution in [2.24, 2.45) is 0 Å². The third kappa shape index (κ3) is 3700. The van der Waals surface area contributed by atoms with E-state index in [2.05, 4.69) is 0 Å². The molecule has 0 amide bonds. The van der Waals surface area contributed by atoms with Gasteiger partial charge in [0.1, 0.15) is 5.78 Å². The first kappa shape index (κ1) is 15.7. The van der Waals surface area contributed by atoms with Gasteiger partial charge in [0, 0.05) is 6.92 Å². The van der Waals surface area contributed by atoms with Crippen LogP contribution in [0.25, 0.3) is 0 Å². The molecule has 0 heterocycles. The topological polar surface area (TPSA) is 40.9 Å². The summed E-state index contributed by atoms with van der Waals surface area (Å²) in [5, 5.41) is 7.32. The summed E-state index contributed by atoms with van der Waals surface area (Å²) in [7, 11) is 0. The van der Waals surface area contributed by atoms with Gasteiger partial charge in [0.05, 0.1) is 6.07 Å². The summed E-state index contributed by atoms with van der Waals surface area (Å²) in [5.41, 5.74) is 0. The molecule has 0 aromatic rings. The minimum atomic E-state index is 0. The second-order valence-corrected chi connectivity index (χ2v) is 1.13. The average molecular weight is 291 g/mol. The fraction of sp³-hybridized carbons (Fsp3) is 0.600. The number of Topliss-reactive ketones (excluding diaryl/α,β-unsaturated/α-hetero) is 1. The van der Waals surface area contributed by atoms with Crippen LogP contribution in [-0.2, 0) is 24.9 Å². The van der Waals surface area contributed by atoms with Crippen LogP contribution in [0.5, 0.6) is 0 Å². The molecule has 3 heteroatoms. The van der Waals surface area contributed by atoms with Crippen molar-refractivity contribution in [2.45, 2.75) is 20.8 Å². The van der Waals surface area contributed by atoms with Gasteiger partial charge in [-0.25, -0.2) is 0 Å². The van der Waals surface area contributed by atoms with Gasteiger partial charge in [-0.3, -0.25) is 0 Å². The fourth-order valence-corrected chi connectivity index (χ4v) is 0. The van der Waals surface area contributed by atoms with Crippen LogP contribution in [0.15, 0.2) is 0 Å². The molecule has 0 aliphatic carbocycles. The Balaban J connectivity index is -0.0000000575. The minimum Gasteiger partial charge on any atom is -0.300 e. The number of ketones is 1. The number of carbonyl (C=O) groups excluding carboxylic acids is 1. The summed E-state index contributed by atoms with van der Waals surface area (Å²) in [5.74, 6) is 0.167. The molecule has 0 aliphatic heterocycles. The molecule has 0 unspecified atom stereocenters. The number of nitriles is 1. The van der Waals surface area contributed by atoms with E-state index in [-0.39, 0.29) is 25.9 Å². The third-order valence-electron chi connectivity index (χ3n) is 0. The molecule has 0 saturated carbocycles. The van der Waals surface area contributed by atoms with Crippen molar-refractivity contribution in [3.8, 4) is 6.07 Å². The smallest absolute Gasteiger partial charge is 0.300 e. The van der Waals surface area contributed by atoms with Crippen molar-refractivity contribution in [1.29, 1.82) is 5.26 Å². The fourth-order valence-electron chi connectivity index (χ4n) is 0. The van der Waals surface area contributed by atoms with Crippen LogP contribution in [0.2, 0.25) is 0 Å². The normalized spacial score (nSPS) is 4.25. The van der Waals surface area contributed by atoms with Crippen molar-refractivity contribution < 1.29 is 24.9 Å². The second kappa shape index (κ2) is 15.8. The number of carbonyl (C=O) groups is 1. The number of hydrogen-bond acceptors (Lipinski definition) is 2. The zero-order valence-electron chi connectivity index (χ0n) is 5.19. The van der Waals surface area contributed by atoms with E-state index in [1.54, 1.807) is 6.07 Å².